The van der Waals surface area contributed by atoms with E-state index in [2.05, 4.69) is 0 Å². The van der Waals surface area contributed by atoms with Gasteiger partial charge in [-0.05, 0) is 49.4 Å². The minimum absolute atomic E-state index is 0.173. The van der Waals surface area contributed by atoms with Gasteiger partial charge in [0.1, 0.15) is 30.0 Å². The molecule has 1 fully saturated rings. The zero-order valence-electron chi connectivity index (χ0n) is 27.3. The summed E-state index contributed by atoms with van der Waals surface area (Å²) in [6, 6.07) is 17.0. The number of rotatable bonds is 7. The van der Waals surface area contributed by atoms with Crippen LogP contribution in [-0.4, -0.2) is 73.8 Å². The highest BCUT2D eigenvalue weighted by atomic mass is 16.7. The zero-order chi connectivity index (χ0) is 32.6. The molecule has 2 N–H and O–H groups in total. The maximum absolute atomic E-state index is 13.8. The SMILES string of the molecule is COc1ccc(CO[C@H]2[C@H](C)[C@H]3O[C@](O)([C@H](C)C(=O)O[C@H](c4ccccc4)CCCC[C@H](OC)[C@H](OC)/C=C/[C@@H]3C)[C@H]2O)cc1. The minimum Gasteiger partial charge on any atom is -0.497 e. The molecule has 0 aromatic heterocycles. The van der Waals surface area contributed by atoms with Crippen molar-refractivity contribution in [3.63, 3.8) is 0 Å². The standard InChI is InChI=1S/C36H50O9/c1-23-16-21-31(42-6)30(41-5)15-11-10-14-29(27-12-8-7-9-13-27)44-35(38)25(3)36(39)34(37)33(24(2)32(23)45-36)43-22-26-17-19-28(40-4)20-18-26/h7-9,12-13,16-21,23-25,29-34,37,39H,10-11,14-15,22H2,1-6H3/b21-16+/t23-,24+,25+,29-,30-,31+,32-,33-,34-,36+/m0/s1. The molecule has 45 heavy (non-hydrogen) atoms. The zero-order valence-corrected chi connectivity index (χ0v) is 27.3. The van der Waals surface area contributed by atoms with Gasteiger partial charge in [0.15, 0.2) is 0 Å². The van der Waals surface area contributed by atoms with Gasteiger partial charge in [0, 0.05) is 26.1 Å². The van der Waals surface area contributed by atoms with E-state index >= 15 is 0 Å². The van der Waals surface area contributed by atoms with Gasteiger partial charge in [-0.15, -0.1) is 0 Å². The average molecular weight is 627 g/mol. The van der Waals surface area contributed by atoms with Crippen molar-refractivity contribution in [2.24, 2.45) is 17.8 Å². The van der Waals surface area contributed by atoms with E-state index in [0.29, 0.717) is 6.42 Å². The second-order valence-electron chi connectivity index (χ2n) is 12.3. The molecule has 0 unspecified atom stereocenters. The summed E-state index contributed by atoms with van der Waals surface area (Å²) < 4.78 is 35.7. The van der Waals surface area contributed by atoms with Crippen LogP contribution in [0.5, 0.6) is 5.75 Å². The summed E-state index contributed by atoms with van der Waals surface area (Å²) in [5, 5.41) is 23.8. The number of aliphatic hydroxyl groups excluding tert-OH is 1. The predicted octanol–water partition coefficient (Wildman–Crippen LogP) is 5.38. The van der Waals surface area contributed by atoms with Gasteiger partial charge in [-0.25, -0.2) is 0 Å². The average Bonchev–Trinajstić information content (AvgIpc) is 3.06. The van der Waals surface area contributed by atoms with Crippen molar-refractivity contribution in [3.05, 3.63) is 77.9 Å². The van der Waals surface area contributed by atoms with Crippen molar-refractivity contribution >= 4 is 5.97 Å². The van der Waals surface area contributed by atoms with E-state index in [9.17, 15) is 15.0 Å². The monoisotopic (exact) mass is 626 g/mol. The van der Waals surface area contributed by atoms with Gasteiger partial charge in [-0.1, -0.05) is 74.9 Å². The Morgan fingerprint density at radius 3 is 2.24 bits per heavy atom. The van der Waals surface area contributed by atoms with Gasteiger partial charge in [0.05, 0.1) is 32.0 Å². The number of hydrogen-bond acceptors (Lipinski definition) is 9. The van der Waals surface area contributed by atoms with E-state index in [1.807, 2.05) is 80.6 Å². The summed E-state index contributed by atoms with van der Waals surface area (Å²) in [7, 11) is 4.95. The smallest absolute Gasteiger partial charge is 0.314 e. The molecule has 0 aliphatic carbocycles. The maximum atomic E-state index is 13.8. The summed E-state index contributed by atoms with van der Waals surface area (Å²) in [6.07, 6.45) is 2.94. The molecule has 4 rings (SSSR count). The Balaban J connectivity index is 1.69. The molecule has 2 heterocycles. The Hall–Kier alpha value is -2.79. The topological polar surface area (TPSA) is 113 Å². The van der Waals surface area contributed by atoms with Crippen LogP contribution in [0, 0.1) is 17.8 Å². The molecule has 2 aromatic rings. The molecule has 0 saturated carbocycles. The molecule has 10 atom stereocenters. The fraction of sp³-hybridized carbons (Fsp3) is 0.583. The van der Waals surface area contributed by atoms with Gasteiger partial charge in [0.25, 0.3) is 0 Å². The Morgan fingerprint density at radius 1 is 0.911 bits per heavy atom. The number of carbonyl (C=O) groups is 1. The molecule has 2 aliphatic rings. The molecular weight excluding hydrogens is 576 g/mol. The highest BCUT2D eigenvalue weighted by Crippen LogP contribution is 2.42. The van der Waals surface area contributed by atoms with Crippen LogP contribution in [0.15, 0.2) is 66.7 Å². The first-order chi connectivity index (χ1) is 21.6. The molecule has 1 saturated heterocycles. The van der Waals surface area contributed by atoms with Crippen LogP contribution in [-0.2, 0) is 35.1 Å². The molecule has 248 valence electrons. The first kappa shape index (κ1) is 35.1. The summed E-state index contributed by atoms with van der Waals surface area (Å²) in [6.45, 7) is 5.62. The first-order valence-corrected chi connectivity index (χ1v) is 15.9. The van der Waals surface area contributed by atoms with Crippen LogP contribution >= 0.6 is 0 Å². The van der Waals surface area contributed by atoms with Gasteiger partial charge in [-0.3, -0.25) is 4.79 Å². The lowest BCUT2D eigenvalue weighted by Crippen LogP contribution is -2.66. The molecule has 0 radical (unpaired) electrons. The molecule has 0 amide bonds. The second-order valence-corrected chi connectivity index (χ2v) is 12.3. The van der Waals surface area contributed by atoms with Crippen LogP contribution in [0.25, 0.3) is 0 Å². The number of methoxy groups -OCH3 is 3. The van der Waals surface area contributed by atoms with E-state index in [4.69, 9.17) is 28.4 Å². The normalized spacial score (nSPS) is 35.7. The third-order valence-electron chi connectivity index (χ3n) is 9.37. The van der Waals surface area contributed by atoms with E-state index in [-0.39, 0.29) is 30.7 Å². The molecule has 2 aliphatic heterocycles. The van der Waals surface area contributed by atoms with E-state index in [0.717, 1.165) is 36.1 Å². The third kappa shape index (κ3) is 8.33. The lowest BCUT2D eigenvalue weighted by Gasteiger charge is -2.51. The molecular formula is C36H50O9. The number of cyclic esters (lactones) is 1. The summed E-state index contributed by atoms with van der Waals surface area (Å²) in [4.78, 5) is 13.8. The number of esters is 1. The minimum atomic E-state index is -2.27. The molecule has 2 aromatic carbocycles. The van der Waals surface area contributed by atoms with Crippen LogP contribution in [0.3, 0.4) is 0 Å². The molecule has 2 bridgehead atoms. The van der Waals surface area contributed by atoms with Gasteiger partial charge in [-0.2, -0.15) is 0 Å². The van der Waals surface area contributed by atoms with Crippen molar-refractivity contribution in [2.45, 2.75) is 95.5 Å². The van der Waals surface area contributed by atoms with Gasteiger partial charge >= 0.3 is 5.97 Å². The van der Waals surface area contributed by atoms with Crippen LogP contribution < -0.4 is 4.74 Å². The Kier molecular flexibility index (Phi) is 12.6. The summed E-state index contributed by atoms with van der Waals surface area (Å²) in [5.41, 5.74) is 1.73. The Bertz CT molecular complexity index is 1220. The van der Waals surface area contributed by atoms with Crippen molar-refractivity contribution < 1.29 is 43.4 Å². The number of benzene rings is 2. The quantitative estimate of drug-likeness (QED) is 0.309. The largest absolute Gasteiger partial charge is 0.497 e. The molecule has 9 nitrogen and oxygen atoms in total. The van der Waals surface area contributed by atoms with Crippen LogP contribution in [0.2, 0.25) is 0 Å². The fourth-order valence-electron chi connectivity index (χ4n) is 6.42. The number of aliphatic hydroxyl groups is 2. The van der Waals surface area contributed by atoms with E-state index in [1.165, 1.54) is 6.92 Å². The van der Waals surface area contributed by atoms with E-state index in [1.54, 1.807) is 21.3 Å². The molecule has 9 heteroatoms. The summed E-state index contributed by atoms with van der Waals surface area (Å²) in [5.74, 6) is -4.01. The Labute approximate surface area is 267 Å². The van der Waals surface area contributed by atoms with E-state index < -0.39 is 42.1 Å². The maximum Gasteiger partial charge on any atom is 0.314 e. The summed E-state index contributed by atoms with van der Waals surface area (Å²) >= 11 is 0. The van der Waals surface area contributed by atoms with Crippen LogP contribution in [0.1, 0.15) is 63.7 Å². The third-order valence-corrected chi connectivity index (χ3v) is 9.37. The fourth-order valence-corrected chi connectivity index (χ4v) is 6.42. The van der Waals surface area contributed by atoms with Crippen molar-refractivity contribution in [1.29, 1.82) is 0 Å². The van der Waals surface area contributed by atoms with Crippen molar-refractivity contribution in [1.82, 2.24) is 0 Å². The van der Waals surface area contributed by atoms with Gasteiger partial charge < -0.3 is 38.6 Å². The second kappa shape index (κ2) is 16.2. The lowest BCUT2D eigenvalue weighted by atomic mass is 9.77. The van der Waals surface area contributed by atoms with Crippen molar-refractivity contribution in [3.8, 4) is 5.75 Å². The number of fused-ring (bicyclic) bond motifs is 2. The van der Waals surface area contributed by atoms with Crippen LogP contribution in [0.4, 0.5) is 0 Å². The van der Waals surface area contributed by atoms with Gasteiger partial charge in [0.2, 0.25) is 5.79 Å². The first-order valence-electron chi connectivity index (χ1n) is 15.9. The molecule has 0 spiro atoms. The Morgan fingerprint density at radius 2 is 1.60 bits per heavy atom. The number of carbonyl (C=O) groups excluding carboxylic acids is 1. The number of hydrogen-bond donors (Lipinski definition) is 2. The predicted molar refractivity (Wildman–Crippen MR) is 169 cm³/mol. The highest BCUT2D eigenvalue weighted by molar-refractivity contribution is 5.73. The van der Waals surface area contributed by atoms with Crippen molar-refractivity contribution in [2.75, 3.05) is 21.3 Å². The lowest BCUT2D eigenvalue weighted by molar-refractivity contribution is -0.361. The number of ether oxygens (including phenoxy) is 6. The highest BCUT2D eigenvalue weighted by Gasteiger charge is 2.58.